The number of halogens is 1. The van der Waals surface area contributed by atoms with Gasteiger partial charge in [0.1, 0.15) is 11.5 Å². The molecule has 206 valence electrons. The van der Waals surface area contributed by atoms with Crippen LogP contribution in [0.1, 0.15) is 6.92 Å². The predicted molar refractivity (Wildman–Crippen MR) is 152 cm³/mol. The number of hydrogen-bond acceptors (Lipinski definition) is 8. The highest BCUT2D eigenvalue weighted by Crippen LogP contribution is 2.30. The molecule has 1 N–H and O–H groups in total. The fourth-order valence-corrected chi connectivity index (χ4v) is 5.66. The molecule has 0 spiro atoms. The first-order valence-corrected chi connectivity index (χ1v) is 13.6. The molecule has 0 atom stereocenters. The molecular formula is C27H32ClN7O4. The Bertz CT molecular complexity index is 1600. The molecule has 6 rings (SSSR count). The Kier molecular flexibility index (Phi) is 7.06. The topological polar surface area (TPSA) is 96.6 Å². The number of carbonyl (C=O) groups excluding carboxylic acids is 1. The summed E-state index contributed by atoms with van der Waals surface area (Å²) in [4.78, 5) is 42.7. The molecule has 0 bridgehead atoms. The van der Waals surface area contributed by atoms with Gasteiger partial charge < -0.3 is 19.1 Å². The molecule has 2 aliphatic heterocycles. The average Bonchev–Trinajstić information content (AvgIpc) is 3.24. The first-order valence-electron chi connectivity index (χ1n) is 13.2. The van der Waals surface area contributed by atoms with Crippen molar-refractivity contribution in [2.45, 2.75) is 6.92 Å². The maximum Gasteiger partial charge on any atom is 0.219 e. The van der Waals surface area contributed by atoms with Gasteiger partial charge in [0, 0.05) is 64.8 Å². The first kappa shape index (κ1) is 25.9. The molecule has 1 aromatic carbocycles. The minimum Gasteiger partial charge on any atom is -0.379 e. The SMILES string of the molecule is CC(=O)N1CCN(c2ccc3c(=O)c(NOCCN4CCOCC4)c4n(C)c5cc(Cl)ccc5n4c3n2)CC1. The van der Waals surface area contributed by atoms with E-state index in [9.17, 15) is 9.59 Å². The van der Waals surface area contributed by atoms with E-state index in [0.29, 0.717) is 60.2 Å². The summed E-state index contributed by atoms with van der Waals surface area (Å²) in [5.74, 6) is 0.850. The second-order valence-electron chi connectivity index (χ2n) is 9.99. The number of amides is 1. The van der Waals surface area contributed by atoms with E-state index in [1.807, 2.05) is 51.2 Å². The van der Waals surface area contributed by atoms with E-state index < -0.39 is 0 Å². The van der Waals surface area contributed by atoms with E-state index in [1.54, 1.807) is 6.92 Å². The molecule has 2 aliphatic rings. The van der Waals surface area contributed by atoms with Crippen LogP contribution in [0.4, 0.5) is 11.5 Å². The van der Waals surface area contributed by atoms with E-state index in [2.05, 4.69) is 15.3 Å². The minimum atomic E-state index is -0.186. The van der Waals surface area contributed by atoms with Crippen LogP contribution in [0.3, 0.4) is 0 Å². The summed E-state index contributed by atoms with van der Waals surface area (Å²) >= 11 is 6.36. The van der Waals surface area contributed by atoms with Gasteiger partial charge in [0.2, 0.25) is 11.3 Å². The summed E-state index contributed by atoms with van der Waals surface area (Å²) < 4.78 is 9.34. The van der Waals surface area contributed by atoms with Gasteiger partial charge in [-0.15, -0.1) is 0 Å². The zero-order valence-electron chi connectivity index (χ0n) is 22.2. The molecule has 0 aliphatic carbocycles. The molecule has 12 heteroatoms. The highest BCUT2D eigenvalue weighted by Gasteiger charge is 2.23. The molecule has 0 unspecified atom stereocenters. The summed E-state index contributed by atoms with van der Waals surface area (Å²) in [5, 5.41) is 1.09. The van der Waals surface area contributed by atoms with E-state index >= 15 is 0 Å². The van der Waals surface area contributed by atoms with Crippen LogP contribution in [-0.4, -0.2) is 95.3 Å². The van der Waals surface area contributed by atoms with Crippen molar-refractivity contribution in [3.8, 4) is 0 Å². The van der Waals surface area contributed by atoms with Crippen LogP contribution in [0.5, 0.6) is 0 Å². The van der Waals surface area contributed by atoms with Crippen LogP contribution in [0.15, 0.2) is 35.1 Å². The fourth-order valence-electron chi connectivity index (χ4n) is 5.49. The number of morpholine rings is 1. The Labute approximate surface area is 230 Å². The Morgan fingerprint density at radius 2 is 1.85 bits per heavy atom. The van der Waals surface area contributed by atoms with Crippen molar-refractivity contribution in [2.75, 3.05) is 76.0 Å². The minimum absolute atomic E-state index is 0.0796. The molecule has 11 nitrogen and oxygen atoms in total. The predicted octanol–water partition coefficient (Wildman–Crippen LogP) is 2.34. The molecule has 2 fully saturated rings. The lowest BCUT2D eigenvalue weighted by molar-refractivity contribution is -0.129. The van der Waals surface area contributed by atoms with Crippen molar-refractivity contribution in [3.63, 3.8) is 0 Å². The third-order valence-corrected chi connectivity index (χ3v) is 7.91. The Morgan fingerprint density at radius 3 is 2.59 bits per heavy atom. The smallest absolute Gasteiger partial charge is 0.219 e. The molecule has 3 aromatic heterocycles. The molecular weight excluding hydrogens is 522 g/mol. The molecule has 1 amide bonds. The highest BCUT2D eigenvalue weighted by molar-refractivity contribution is 6.31. The summed E-state index contributed by atoms with van der Waals surface area (Å²) in [5.41, 5.74) is 6.09. The average molecular weight is 554 g/mol. The molecule has 39 heavy (non-hydrogen) atoms. The van der Waals surface area contributed by atoms with Gasteiger partial charge in [-0.25, -0.2) is 4.98 Å². The number of anilines is 2. The van der Waals surface area contributed by atoms with Crippen LogP contribution in [0.25, 0.3) is 27.7 Å². The number of nitrogens with one attached hydrogen (secondary N) is 1. The van der Waals surface area contributed by atoms with Crippen LogP contribution in [0.2, 0.25) is 5.02 Å². The van der Waals surface area contributed by atoms with E-state index in [-0.39, 0.29) is 11.3 Å². The molecule has 5 heterocycles. The lowest BCUT2D eigenvalue weighted by atomic mass is 10.2. The van der Waals surface area contributed by atoms with Crippen LogP contribution in [-0.2, 0) is 21.4 Å². The number of rotatable bonds is 6. The van der Waals surface area contributed by atoms with Crippen molar-refractivity contribution in [3.05, 3.63) is 45.6 Å². The summed E-state index contributed by atoms with van der Waals surface area (Å²) in [6, 6.07) is 9.37. The zero-order valence-corrected chi connectivity index (χ0v) is 22.9. The third kappa shape index (κ3) is 4.80. The highest BCUT2D eigenvalue weighted by atomic mass is 35.5. The molecule has 4 aromatic rings. The maximum absolute atomic E-state index is 13.8. The Hall–Kier alpha value is -3.38. The van der Waals surface area contributed by atoms with Crippen molar-refractivity contribution < 1.29 is 14.4 Å². The summed E-state index contributed by atoms with van der Waals surface area (Å²) in [6.45, 7) is 8.57. The largest absolute Gasteiger partial charge is 0.379 e. The number of carbonyl (C=O) groups is 1. The quantitative estimate of drug-likeness (QED) is 0.287. The Balaban J connectivity index is 1.41. The number of ether oxygens (including phenoxy) is 1. The summed E-state index contributed by atoms with van der Waals surface area (Å²) in [7, 11) is 1.91. The number of benzene rings is 1. The van der Waals surface area contributed by atoms with Gasteiger partial charge in [-0.2, -0.15) is 0 Å². The number of imidazole rings is 1. The van der Waals surface area contributed by atoms with Gasteiger partial charge in [-0.3, -0.25) is 29.2 Å². The zero-order chi connectivity index (χ0) is 27.1. The van der Waals surface area contributed by atoms with Gasteiger partial charge in [-0.05, 0) is 30.3 Å². The number of fused-ring (bicyclic) bond motifs is 5. The van der Waals surface area contributed by atoms with Gasteiger partial charge >= 0.3 is 0 Å². The van der Waals surface area contributed by atoms with Crippen LogP contribution >= 0.6 is 11.6 Å². The van der Waals surface area contributed by atoms with Gasteiger partial charge in [0.15, 0.2) is 11.3 Å². The number of nitrogens with zero attached hydrogens (tertiary/aromatic N) is 6. The Morgan fingerprint density at radius 1 is 1.08 bits per heavy atom. The van der Waals surface area contributed by atoms with Crippen molar-refractivity contribution >= 4 is 56.7 Å². The van der Waals surface area contributed by atoms with Gasteiger partial charge in [0.05, 0.1) is 36.2 Å². The normalized spacial score (nSPS) is 17.0. The lowest BCUT2D eigenvalue weighted by Crippen LogP contribution is -2.48. The van der Waals surface area contributed by atoms with Crippen molar-refractivity contribution in [1.29, 1.82) is 0 Å². The number of aryl methyl sites for hydroxylation is 1. The fraction of sp³-hybridized carbons (Fsp3) is 0.444. The lowest BCUT2D eigenvalue weighted by Gasteiger charge is -2.35. The van der Waals surface area contributed by atoms with Crippen molar-refractivity contribution in [2.24, 2.45) is 7.05 Å². The third-order valence-electron chi connectivity index (χ3n) is 7.67. The number of pyridine rings is 2. The van der Waals surface area contributed by atoms with Crippen molar-refractivity contribution in [1.82, 2.24) is 23.8 Å². The first-order chi connectivity index (χ1) is 18.9. The number of aromatic nitrogens is 3. The molecule has 2 saturated heterocycles. The van der Waals surface area contributed by atoms with Gasteiger partial charge in [-0.1, -0.05) is 11.6 Å². The summed E-state index contributed by atoms with van der Waals surface area (Å²) in [6.07, 6.45) is 0. The van der Waals surface area contributed by atoms with Gasteiger partial charge in [0.25, 0.3) is 0 Å². The maximum atomic E-state index is 13.8. The monoisotopic (exact) mass is 553 g/mol. The van der Waals surface area contributed by atoms with Crippen LogP contribution in [0, 0.1) is 0 Å². The van der Waals surface area contributed by atoms with Crippen LogP contribution < -0.4 is 15.8 Å². The number of piperazine rings is 1. The van der Waals surface area contributed by atoms with E-state index in [0.717, 1.165) is 49.7 Å². The number of hydrogen-bond donors (Lipinski definition) is 1. The second-order valence-corrected chi connectivity index (χ2v) is 10.4. The van der Waals surface area contributed by atoms with E-state index in [4.69, 9.17) is 26.2 Å². The second kappa shape index (κ2) is 10.6. The van der Waals surface area contributed by atoms with E-state index in [1.165, 1.54) is 0 Å². The molecule has 0 radical (unpaired) electrons. The molecule has 0 saturated carbocycles. The standard InChI is InChI=1S/C27H32ClN7O4/c1-18(36)33-7-9-34(10-8-33)23-6-4-20-25(37)24(30-39-16-13-32-11-14-38-15-12-32)27-31(2)22-17-19(28)3-5-21(22)35(27)26(20)29-23/h3-6,17,30H,7-16H2,1-2H3.